The van der Waals surface area contributed by atoms with Crippen LogP contribution in [-0.2, 0) is 21.1 Å². The highest BCUT2D eigenvalue weighted by molar-refractivity contribution is 7.90. The minimum absolute atomic E-state index is 0.00350. The number of aryl methyl sites for hydroxylation is 1. The fraction of sp³-hybridized carbons (Fsp3) is 0.433. The van der Waals surface area contributed by atoms with E-state index in [-0.39, 0.29) is 24.4 Å². The summed E-state index contributed by atoms with van der Waals surface area (Å²) in [7, 11) is -1.63. The fourth-order valence-electron chi connectivity index (χ4n) is 5.21. The Morgan fingerprint density at radius 2 is 1.67 bits per heavy atom. The summed E-state index contributed by atoms with van der Waals surface area (Å²) < 4.78 is 62.5. The first-order chi connectivity index (χ1) is 19.8. The molecular weight excluding hydrogens is 568 g/mol. The summed E-state index contributed by atoms with van der Waals surface area (Å²) in [5.41, 5.74) is 0.0837. The lowest BCUT2D eigenvalue weighted by atomic mass is 9.78. The molecule has 2 aromatic carbocycles. The van der Waals surface area contributed by atoms with Crippen LogP contribution in [0.1, 0.15) is 54.6 Å². The van der Waals surface area contributed by atoms with Gasteiger partial charge >= 0.3 is 0 Å². The normalized spacial score (nSPS) is 18.5. The molecule has 9 nitrogen and oxygen atoms in total. The van der Waals surface area contributed by atoms with Crippen LogP contribution in [-0.4, -0.2) is 56.4 Å². The van der Waals surface area contributed by atoms with Crippen LogP contribution in [0.4, 0.5) is 8.78 Å². The van der Waals surface area contributed by atoms with Crippen molar-refractivity contribution in [1.82, 2.24) is 10.6 Å². The first-order valence-electron chi connectivity index (χ1n) is 13.6. The summed E-state index contributed by atoms with van der Waals surface area (Å²) in [6.45, 7) is 0. The van der Waals surface area contributed by atoms with Crippen LogP contribution in [0.15, 0.2) is 46.9 Å². The molecule has 0 spiro atoms. The van der Waals surface area contributed by atoms with Crippen LogP contribution in [0.3, 0.4) is 0 Å². The maximum atomic E-state index is 14.0. The molecule has 3 aromatic rings. The van der Waals surface area contributed by atoms with Crippen molar-refractivity contribution in [1.29, 1.82) is 5.26 Å². The maximum Gasteiger partial charge on any atom is 0.287 e. The number of hydrogen-bond acceptors (Lipinski definition) is 7. The molecule has 2 aliphatic rings. The quantitative estimate of drug-likeness (QED) is 0.368. The Labute approximate surface area is 242 Å². The Hall–Kier alpha value is -3.98. The minimum atomic E-state index is -3.14. The van der Waals surface area contributed by atoms with E-state index >= 15 is 0 Å². The molecule has 2 fully saturated rings. The molecule has 12 heteroatoms. The number of benzene rings is 2. The van der Waals surface area contributed by atoms with Crippen LogP contribution in [0.2, 0.25) is 0 Å². The van der Waals surface area contributed by atoms with E-state index in [1.807, 2.05) is 12.1 Å². The average Bonchev–Trinajstić information content (AvgIpc) is 3.59. The van der Waals surface area contributed by atoms with Gasteiger partial charge in [-0.1, -0.05) is 24.3 Å². The smallest absolute Gasteiger partial charge is 0.287 e. The molecule has 2 N–H and O–H groups in total. The summed E-state index contributed by atoms with van der Waals surface area (Å²) in [6.07, 6.45) is 0.748. The number of nitrogens with one attached hydrogen (secondary N) is 2. The van der Waals surface area contributed by atoms with Crippen LogP contribution < -0.4 is 15.4 Å². The van der Waals surface area contributed by atoms with Gasteiger partial charge in [-0.3, -0.25) is 9.59 Å². The third-order valence-corrected chi connectivity index (χ3v) is 8.99. The van der Waals surface area contributed by atoms with Crippen molar-refractivity contribution in [2.24, 2.45) is 0 Å². The molecule has 0 saturated heterocycles. The molecule has 2 amide bonds. The molecule has 0 bridgehead atoms. The number of nitrogens with zero attached hydrogens (tertiary/aromatic N) is 1. The highest BCUT2D eigenvalue weighted by Crippen LogP contribution is 2.41. The van der Waals surface area contributed by atoms with Crippen molar-refractivity contribution in [3.63, 3.8) is 0 Å². The number of halogens is 2. The van der Waals surface area contributed by atoms with E-state index in [0.29, 0.717) is 36.0 Å². The molecular formula is C30H31F2N3O6S. The monoisotopic (exact) mass is 599 g/mol. The van der Waals surface area contributed by atoms with E-state index in [0.717, 1.165) is 16.7 Å². The number of ether oxygens (including phenoxy) is 1. The van der Waals surface area contributed by atoms with Gasteiger partial charge in [0.05, 0.1) is 18.9 Å². The first kappa shape index (κ1) is 29.5. The number of nitriles is 1. The number of amides is 2. The predicted molar refractivity (Wildman–Crippen MR) is 151 cm³/mol. The molecule has 2 saturated carbocycles. The second kappa shape index (κ2) is 10.7. The third kappa shape index (κ3) is 6.26. The van der Waals surface area contributed by atoms with E-state index in [4.69, 9.17) is 9.15 Å². The van der Waals surface area contributed by atoms with Crippen molar-refractivity contribution in [2.75, 3.05) is 19.1 Å². The van der Waals surface area contributed by atoms with Crippen LogP contribution >= 0.6 is 0 Å². The molecule has 5 rings (SSSR count). The molecule has 42 heavy (non-hydrogen) atoms. The summed E-state index contributed by atoms with van der Waals surface area (Å²) in [6, 6.07) is 14.4. The zero-order valence-electron chi connectivity index (χ0n) is 23.3. The highest BCUT2D eigenvalue weighted by Gasteiger charge is 2.53. The van der Waals surface area contributed by atoms with Gasteiger partial charge < -0.3 is 19.8 Å². The molecule has 0 radical (unpaired) electrons. The third-order valence-electron chi connectivity index (χ3n) is 8.05. The van der Waals surface area contributed by atoms with E-state index in [9.17, 15) is 32.0 Å². The molecule has 1 aromatic heterocycles. The number of methoxy groups -OCH3 is 1. The Morgan fingerprint density at radius 1 is 1.00 bits per heavy atom. The van der Waals surface area contributed by atoms with E-state index in [2.05, 4.69) is 16.7 Å². The number of sulfone groups is 1. The van der Waals surface area contributed by atoms with Gasteiger partial charge in [-0.15, -0.1) is 0 Å². The fourth-order valence-corrected chi connectivity index (χ4v) is 5.80. The standard InChI is InChI=1S/C30H31F2N3O6S/c1-40-23-15-20(4-3-19(23)7-14-42(2,38)39)21-5-6-22-17-25(41-24(22)16-21)26(36)34-29(10-12-30(31,32)13-11-29)27(37)35-28(18-33)8-9-28/h3-6,15-17H,7-14H2,1-2H3,(H,34,36)(H,35,37). The minimum Gasteiger partial charge on any atom is -0.496 e. The lowest BCUT2D eigenvalue weighted by Gasteiger charge is -2.39. The number of alkyl halides is 2. The van der Waals surface area contributed by atoms with Crippen LogP contribution in [0.5, 0.6) is 5.75 Å². The molecule has 1 heterocycles. The Kier molecular flexibility index (Phi) is 7.51. The lowest BCUT2D eigenvalue weighted by molar-refractivity contribution is -0.133. The lowest BCUT2D eigenvalue weighted by Crippen LogP contribution is -2.62. The highest BCUT2D eigenvalue weighted by atomic mass is 32.2. The zero-order chi connectivity index (χ0) is 30.3. The second-order valence-electron chi connectivity index (χ2n) is 11.3. The number of furan rings is 1. The Balaban J connectivity index is 1.38. The number of hydrogen-bond donors (Lipinski definition) is 2. The molecule has 2 aliphatic carbocycles. The first-order valence-corrected chi connectivity index (χ1v) is 15.6. The van der Waals surface area contributed by atoms with Gasteiger partial charge in [0.2, 0.25) is 11.8 Å². The van der Waals surface area contributed by atoms with Crippen LogP contribution in [0, 0.1) is 11.3 Å². The molecule has 0 unspecified atom stereocenters. The number of fused-ring (bicyclic) bond motifs is 1. The van der Waals surface area contributed by atoms with Crippen molar-refractivity contribution < 1.29 is 35.9 Å². The Bertz CT molecular complexity index is 1700. The van der Waals surface area contributed by atoms with E-state index in [1.54, 1.807) is 24.3 Å². The number of carbonyl (C=O) groups is 2. The van der Waals surface area contributed by atoms with Crippen molar-refractivity contribution in [2.45, 2.75) is 61.9 Å². The van der Waals surface area contributed by atoms with Crippen LogP contribution in [0.25, 0.3) is 22.1 Å². The molecule has 0 aliphatic heterocycles. The van der Waals surface area contributed by atoms with E-state index in [1.165, 1.54) is 19.4 Å². The molecule has 0 atom stereocenters. The van der Waals surface area contributed by atoms with Gasteiger partial charge in [0.15, 0.2) is 5.76 Å². The Morgan fingerprint density at radius 3 is 2.29 bits per heavy atom. The summed E-state index contributed by atoms with van der Waals surface area (Å²) in [5, 5.41) is 15.3. The zero-order valence-corrected chi connectivity index (χ0v) is 24.1. The van der Waals surface area contributed by atoms with E-state index < -0.39 is 51.5 Å². The topological polar surface area (TPSA) is 138 Å². The largest absolute Gasteiger partial charge is 0.496 e. The summed E-state index contributed by atoms with van der Waals surface area (Å²) in [4.78, 5) is 26.6. The SMILES string of the molecule is COc1cc(-c2ccc3cc(C(=O)NC4(C(=O)NC5(C#N)CC5)CCC(F)(F)CC4)oc3c2)ccc1CCS(C)(=O)=O. The predicted octanol–water partition coefficient (Wildman–Crippen LogP) is 4.55. The maximum absolute atomic E-state index is 14.0. The van der Waals surface area contributed by atoms with Crippen molar-refractivity contribution in [3.05, 3.63) is 53.8 Å². The molecule has 222 valence electrons. The summed E-state index contributed by atoms with van der Waals surface area (Å²) in [5.74, 6) is -3.84. The van der Waals surface area contributed by atoms with Gasteiger partial charge in [0.1, 0.15) is 32.2 Å². The van der Waals surface area contributed by atoms with Crippen molar-refractivity contribution >= 4 is 32.6 Å². The number of carbonyl (C=O) groups excluding carboxylic acids is 2. The summed E-state index contributed by atoms with van der Waals surface area (Å²) >= 11 is 0. The van der Waals surface area contributed by atoms with Gasteiger partial charge in [-0.2, -0.15) is 5.26 Å². The van der Waals surface area contributed by atoms with Gasteiger partial charge in [0.25, 0.3) is 5.91 Å². The van der Waals surface area contributed by atoms with Gasteiger partial charge in [-0.05, 0) is 67.0 Å². The van der Waals surface area contributed by atoms with Crippen molar-refractivity contribution in [3.8, 4) is 22.9 Å². The second-order valence-corrected chi connectivity index (χ2v) is 13.6. The van der Waals surface area contributed by atoms with Gasteiger partial charge in [0, 0.05) is 24.5 Å². The number of rotatable bonds is 9. The van der Waals surface area contributed by atoms with Gasteiger partial charge in [-0.25, -0.2) is 17.2 Å². The average molecular weight is 600 g/mol.